The molecule has 2 atom stereocenters. The molecule has 0 aromatic rings. The lowest BCUT2D eigenvalue weighted by Crippen LogP contribution is -2.56. The number of urea groups is 1. The number of aliphatic hydroxyl groups excluding tert-OH is 1. The van der Waals surface area contributed by atoms with E-state index >= 15 is 0 Å². The summed E-state index contributed by atoms with van der Waals surface area (Å²) in [4.78, 5) is 50.4. The van der Waals surface area contributed by atoms with Gasteiger partial charge < -0.3 is 37.4 Å². The van der Waals surface area contributed by atoms with Crippen LogP contribution in [0.25, 0.3) is 0 Å². The number of amides is 5. The van der Waals surface area contributed by atoms with Crippen molar-refractivity contribution in [2.24, 2.45) is 17.4 Å². The fourth-order valence-corrected chi connectivity index (χ4v) is 2.33. The van der Waals surface area contributed by atoms with Gasteiger partial charge in [0.1, 0.15) is 12.1 Å². The zero-order valence-corrected chi connectivity index (χ0v) is 15.9. The van der Waals surface area contributed by atoms with Crippen molar-refractivity contribution < 1.29 is 29.1 Å². The number of carbonyl (C=O) groups excluding carboxylic acids is 4. The van der Waals surface area contributed by atoms with Gasteiger partial charge in [0.25, 0.3) is 0 Å². The molecule has 0 aromatic carbocycles. The van der Waals surface area contributed by atoms with Crippen molar-refractivity contribution in [1.29, 1.82) is 0 Å². The molecule has 0 aromatic heterocycles. The standard InChI is InChI=1S/C16H32N6O6/c17-13(24)9-11(14(18)25)21-16(27)22-12(10-23)15(26)20-7-5-3-1-2-4-6-8-28-19/h11-12,23H,1-10,19H2,(H2,17,24)(H2,18,25)(H,20,26)(H2,21,22,27)/t11-,12-/m1/s1. The second-order valence-electron chi connectivity index (χ2n) is 6.26. The number of rotatable bonds is 16. The largest absolute Gasteiger partial charge is 0.394 e. The Labute approximate surface area is 163 Å². The molecule has 162 valence electrons. The van der Waals surface area contributed by atoms with Crippen molar-refractivity contribution in [3.05, 3.63) is 0 Å². The predicted octanol–water partition coefficient (Wildman–Crippen LogP) is -2.28. The minimum Gasteiger partial charge on any atom is -0.394 e. The summed E-state index contributed by atoms with van der Waals surface area (Å²) >= 11 is 0. The first kappa shape index (κ1) is 25.6. The summed E-state index contributed by atoms with van der Waals surface area (Å²) in [7, 11) is 0. The Morgan fingerprint density at radius 2 is 1.46 bits per heavy atom. The first-order valence-corrected chi connectivity index (χ1v) is 9.16. The molecule has 12 nitrogen and oxygen atoms in total. The molecule has 10 N–H and O–H groups in total. The average Bonchev–Trinajstić information content (AvgIpc) is 2.63. The molecule has 0 unspecified atom stereocenters. The number of hydrogen-bond acceptors (Lipinski definition) is 7. The quantitative estimate of drug-likeness (QED) is 0.110. The number of nitrogens with one attached hydrogen (secondary N) is 3. The molecule has 0 saturated heterocycles. The van der Waals surface area contributed by atoms with Gasteiger partial charge in [-0.2, -0.15) is 0 Å². The summed E-state index contributed by atoms with van der Waals surface area (Å²) in [6, 6.07) is -3.45. The zero-order chi connectivity index (χ0) is 21.4. The minimum absolute atomic E-state index is 0.399. The normalized spacial score (nSPS) is 12.6. The number of nitrogens with two attached hydrogens (primary N) is 3. The third-order valence-corrected chi connectivity index (χ3v) is 3.85. The lowest BCUT2D eigenvalue weighted by molar-refractivity contribution is -0.125. The molecule has 0 spiro atoms. The van der Waals surface area contributed by atoms with Crippen molar-refractivity contribution in [2.75, 3.05) is 19.8 Å². The highest BCUT2D eigenvalue weighted by atomic mass is 16.6. The molecular formula is C16H32N6O6. The Kier molecular flexibility index (Phi) is 14.2. The van der Waals surface area contributed by atoms with Crippen LogP contribution in [0.1, 0.15) is 44.9 Å². The minimum atomic E-state index is -1.31. The van der Waals surface area contributed by atoms with E-state index in [-0.39, 0.29) is 0 Å². The van der Waals surface area contributed by atoms with Crippen LogP contribution < -0.4 is 33.3 Å². The van der Waals surface area contributed by atoms with Gasteiger partial charge in [-0.3, -0.25) is 14.4 Å². The van der Waals surface area contributed by atoms with Crippen molar-refractivity contribution >= 4 is 23.8 Å². The molecule has 0 fully saturated rings. The number of primary amides is 2. The highest BCUT2D eigenvalue weighted by Gasteiger charge is 2.24. The van der Waals surface area contributed by atoms with Crippen LogP contribution in [-0.2, 0) is 19.2 Å². The summed E-state index contributed by atoms with van der Waals surface area (Å²) in [6.07, 6.45) is 5.20. The van der Waals surface area contributed by atoms with E-state index in [9.17, 15) is 24.3 Å². The van der Waals surface area contributed by atoms with Gasteiger partial charge in [-0.05, 0) is 12.8 Å². The van der Waals surface area contributed by atoms with Crippen molar-refractivity contribution in [2.45, 2.75) is 57.0 Å². The zero-order valence-electron chi connectivity index (χ0n) is 15.9. The lowest BCUT2D eigenvalue weighted by Gasteiger charge is -2.19. The first-order valence-electron chi connectivity index (χ1n) is 9.16. The van der Waals surface area contributed by atoms with Crippen LogP contribution >= 0.6 is 0 Å². The van der Waals surface area contributed by atoms with E-state index in [1.807, 2.05) is 0 Å². The molecule has 0 aliphatic rings. The van der Waals surface area contributed by atoms with Crippen molar-refractivity contribution in [1.82, 2.24) is 16.0 Å². The molecule has 0 aliphatic heterocycles. The molecule has 0 bridgehead atoms. The van der Waals surface area contributed by atoms with E-state index in [1.54, 1.807) is 0 Å². The van der Waals surface area contributed by atoms with Crippen LogP contribution in [0, 0.1) is 0 Å². The van der Waals surface area contributed by atoms with Gasteiger partial charge in [0.05, 0.1) is 19.6 Å². The molecule has 0 heterocycles. The van der Waals surface area contributed by atoms with Crippen molar-refractivity contribution in [3.63, 3.8) is 0 Å². The fraction of sp³-hybridized carbons (Fsp3) is 0.750. The monoisotopic (exact) mass is 404 g/mol. The molecule has 0 rings (SSSR count). The molecule has 12 heteroatoms. The Morgan fingerprint density at radius 1 is 0.893 bits per heavy atom. The molecule has 28 heavy (non-hydrogen) atoms. The van der Waals surface area contributed by atoms with Crippen molar-refractivity contribution in [3.8, 4) is 0 Å². The maximum atomic E-state index is 12.0. The van der Waals surface area contributed by atoms with E-state index in [0.717, 1.165) is 38.5 Å². The van der Waals surface area contributed by atoms with Crippen LogP contribution in [0.5, 0.6) is 0 Å². The summed E-state index contributed by atoms with van der Waals surface area (Å²) < 4.78 is 0. The second kappa shape index (κ2) is 15.6. The number of unbranched alkanes of at least 4 members (excludes halogenated alkanes) is 5. The summed E-state index contributed by atoms with van der Waals surface area (Å²) in [6.45, 7) is 0.303. The second-order valence-corrected chi connectivity index (χ2v) is 6.26. The highest BCUT2D eigenvalue weighted by molar-refractivity contribution is 5.92. The van der Waals surface area contributed by atoms with Crippen LogP contribution in [0.15, 0.2) is 0 Å². The number of carbonyl (C=O) groups is 4. The summed E-state index contributed by atoms with van der Waals surface area (Å²) in [5.41, 5.74) is 10.0. The average molecular weight is 404 g/mol. The van der Waals surface area contributed by atoms with Gasteiger partial charge in [-0.25, -0.2) is 10.7 Å². The molecule has 5 amide bonds. The van der Waals surface area contributed by atoms with Gasteiger partial charge in [0, 0.05) is 6.54 Å². The SMILES string of the molecule is NOCCCCCCCCNC(=O)[C@@H](CO)NC(=O)N[C@H](CC(N)=O)C(N)=O. The van der Waals surface area contributed by atoms with Crippen LogP contribution in [0.2, 0.25) is 0 Å². The highest BCUT2D eigenvalue weighted by Crippen LogP contribution is 2.04. The Hall–Kier alpha value is -2.44. The van der Waals surface area contributed by atoms with Crippen LogP contribution in [0.3, 0.4) is 0 Å². The topological polar surface area (TPSA) is 212 Å². The maximum absolute atomic E-state index is 12.0. The summed E-state index contributed by atoms with van der Waals surface area (Å²) in [5.74, 6) is 2.59. The Morgan fingerprint density at radius 3 is 2.00 bits per heavy atom. The van der Waals surface area contributed by atoms with Gasteiger partial charge in [0.2, 0.25) is 17.7 Å². The van der Waals surface area contributed by atoms with Gasteiger partial charge in [0.15, 0.2) is 0 Å². The van der Waals surface area contributed by atoms with E-state index in [0.29, 0.717) is 13.2 Å². The summed E-state index contributed by atoms with van der Waals surface area (Å²) in [5, 5.41) is 16.3. The van der Waals surface area contributed by atoms with Gasteiger partial charge in [-0.15, -0.1) is 0 Å². The molecular weight excluding hydrogens is 372 g/mol. The third kappa shape index (κ3) is 12.8. The van der Waals surface area contributed by atoms with E-state index in [2.05, 4.69) is 20.8 Å². The Balaban J connectivity index is 4.12. The number of aliphatic hydroxyl groups is 1. The maximum Gasteiger partial charge on any atom is 0.316 e. The van der Waals surface area contributed by atoms with E-state index in [4.69, 9.17) is 17.4 Å². The van der Waals surface area contributed by atoms with Crippen LogP contribution in [-0.4, -0.2) is 60.7 Å². The van der Waals surface area contributed by atoms with E-state index in [1.165, 1.54) is 0 Å². The first-order chi connectivity index (χ1) is 13.3. The third-order valence-electron chi connectivity index (χ3n) is 3.85. The number of hydrogen-bond donors (Lipinski definition) is 7. The van der Waals surface area contributed by atoms with Gasteiger partial charge >= 0.3 is 6.03 Å². The predicted molar refractivity (Wildman–Crippen MR) is 100 cm³/mol. The molecule has 0 aliphatic carbocycles. The molecule has 0 saturated carbocycles. The Bertz CT molecular complexity index is 504. The smallest absolute Gasteiger partial charge is 0.316 e. The molecule has 0 radical (unpaired) electrons. The van der Waals surface area contributed by atoms with E-state index < -0.39 is 48.9 Å². The van der Waals surface area contributed by atoms with Gasteiger partial charge in [-0.1, -0.05) is 25.7 Å². The fourth-order valence-electron chi connectivity index (χ4n) is 2.33. The lowest BCUT2D eigenvalue weighted by atomic mass is 10.1. The van der Waals surface area contributed by atoms with Crippen LogP contribution in [0.4, 0.5) is 4.79 Å².